The van der Waals surface area contributed by atoms with Crippen LogP contribution in [-0.2, 0) is 4.74 Å². The van der Waals surface area contributed by atoms with Gasteiger partial charge in [0.05, 0.1) is 16.5 Å². The van der Waals surface area contributed by atoms with Crippen molar-refractivity contribution in [1.82, 2.24) is 14.8 Å². The van der Waals surface area contributed by atoms with E-state index in [2.05, 4.69) is 4.98 Å². The molecule has 1 aliphatic rings. The molecule has 1 fully saturated rings. The number of aromatic nitrogens is 1. The number of rotatable bonds is 4. The summed E-state index contributed by atoms with van der Waals surface area (Å²) in [5.41, 5.74) is 2.06. The number of nitrogens with zero attached hydrogens (tertiary/aromatic N) is 2. The fraction of sp³-hybridized carbons (Fsp3) is 0.476. The van der Waals surface area contributed by atoms with Gasteiger partial charge in [-0.25, -0.2) is 4.79 Å². The zero-order chi connectivity index (χ0) is 21.3. The summed E-state index contributed by atoms with van der Waals surface area (Å²) in [6, 6.07) is 3.79. The van der Waals surface area contributed by atoms with E-state index in [0.717, 1.165) is 9.75 Å². The molecule has 156 valence electrons. The first-order chi connectivity index (χ1) is 13.7. The molecule has 2 aromatic heterocycles. The summed E-state index contributed by atoms with van der Waals surface area (Å²) in [6.45, 7) is 11.0. The largest absolute Gasteiger partial charge is 0.459 e. The van der Waals surface area contributed by atoms with E-state index in [1.54, 1.807) is 37.5 Å². The SMILES string of the molecule is Cc1ccc(C(=O)N2CCN(C(=O)c3[nH]c(C)c(C(=O)OC(C)C)c3C)CC2)s1. The highest BCUT2D eigenvalue weighted by atomic mass is 32.1. The molecule has 0 spiro atoms. The van der Waals surface area contributed by atoms with Crippen LogP contribution in [0.1, 0.15) is 60.5 Å². The lowest BCUT2D eigenvalue weighted by Gasteiger charge is -2.34. The Kier molecular flexibility index (Phi) is 6.12. The van der Waals surface area contributed by atoms with Crippen molar-refractivity contribution in [1.29, 1.82) is 0 Å². The Labute approximate surface area is 174 Å². The van der Waals surface area contributed by atoms with Gasteiger partial charge in [-0.1, -0.05) is 0 Å². The lowest BCUT2D eigenvalue weighted by Crippen LogP contribution is -2.50. The molecule has 0 bridgehead atoms. The first-order valence-corrected chi connectivity index (χ1v) is 10.6. The van der Waals surface area contributed by atoms with Gasteiger partial charge in [0, 0.05) is 36.8 Å². The summed E-state index contributed by atoms with van der Waals surface area (Å²) in [6.07, 6.45) is -0.229. The van der Waals surface area contributed by atoms with Gasteiger partial charge < -0.3 is 19.5 Å². The molecule has 0 saturated carbocycles. The highest BCUT2D eigenvalue weighted by Gasteiger charge is 2.30. The molecule has 2 aromatic rings. The summed E-state index contributed by atoms with van der Waals surface area (Å²) in [5.74, 6) is -0.568. The molecule has 3 heterocycles. The number of carbonyl (C=O) groups is 3. The Bertz CT molecular complexity index is 936. The van der Waals surface area contributed by atoms with Crippen molar-refractivity contribution in [2.24, 2.45) is 0 Å². The number of hydrogen-bond acceptors (Lipinski definition) is 5. The number of H-pyrrole nitrogens is 1. The maximum atomic E-state index is 13.0. The maximum Gasteiger partial charge on any atom is 0.340 e. The van der Waals surface area contributed by atoms with Crippen LogP contribution in [-0.4, -0.2) is 64.9 Å². The second-order valence-corrected chi connectivity index (χ2v) is 8.86. The zero-order valence-corrected chi connectivity index (χ0v) is 18.3. The number of piperazine rings is 1. The molecule has 0 unspecified atom stereocenters. The summed E-state index contributed by atoms with van der Waals surface area (Å²) >= 11 is 1.49. The smallest absolute Gasteiger partial charge is 0.340 e. The minimum atomic E-state index is -0.424. The standard InChI is InChI=1S/C21H27N3O4S/c1-12(2)28-21(27)17-14(4)18(22-15(17)5)20(26)24-10-8-23(9-11-24)19(25)16-7-6-13(3)29-16/h6-7,12,22H,8-11H2,1-5H3. The third-order valence-corrected chi connectivity index (χ3v) is 5.99. The van der Waals surface area contributed by atoms with Crippen LogP contribution in [0.25, 0.3) is 0 Å². The lowest BCUT2D eigenvalue weighted by molar-refractivity contribution is 0.0376. The van der Waals surface area contributed by atoms with Crippen molar-refractivity contribution in [3.8, 4) is 0 Å². The number of aryl methyl sites for hydroxylation is 2. The maximum absolute atomic E-state index is 13.0. The van der Waals surface area contributed by atoms with Crippen LogP contribution in [0.3, 0.4) is 0 Å². The molecule has 2 amide bonds. The third kappa shape index (κ3) is 4.37. The lowest BCUT2D eigenvalue weighted by atomic mass is 10.1. The highest BCUT2D eigenvalue weighted by Crippen LogP contribution is 2.22. The Hall–Kier alpha value is -2.61. The predicted octanol–water partition coefficient (Wildman–Crippen LogP) is 3.16. The number of thiophene rings is 1. The van der Waals surface area contributed by atoms with E-state index in [-0.39, 0.29) is 17.9 Å². The van der Waals surface area contributed by atoms with Crippen LogP contribution in [0.2, 0.25) is 0 Å². The van der Waals surface area contributed by atoms with E-state index >= 15 is 0 Å². The molecular weight excluding hydrogens is 390 g/mol. The second-order valence-electron chi connectivity index (χ2n) is 7.57. The van der Waals surface area contributed by atoms with E-state index < -0.39 is 5.97 Å². The van der Waals surface area contributed by atoms with Crippen molar-refractivity contribution in [3.63, 3.8) is 0 Å². The molecule has 8 heteroatoms. The Morgan fingerprint density at radius 2 is 1.59 bits per heavy atom. The van der Waals surface area contributed by atoms with Crippen LogP contribution in [0.4, 0.5) is 0 Å². The second kappa shape index (κ2) is 8.41. The minimum Gasteiger partial charge on any atom is -0.459 e. The summed E-state index contributed by atoms with van der Waals surface area (Å²) in [5, 5.41) is 0. The van der Waals surface area contributed by atoms with E-state index in [0.29, 0.717) is 48.7 Å². The topological polar surface area (TPSA) is 82.7 Å². The van der Waals surface area contributed by atoms with Gasteiger partial charge in [-0.05, 0) is 52.3 Å². The van der Waals surface area contributed by atoms with Crippen LogP contribution in [0.15, 0.2) is 12.1 Å². The quantitative estimate of drug-likeness (QED) is 0.775. The first kappa shape index (κ1) is 21.1. The summed E-state index contributed by atoms with van der Waals surface area (Å²) in [7, 11) is 0. The van der Waals surface area contributed by atoms with Gasteiger partial charge in [0.2, 0.25) is 0 Å². The first-order valence-electron chi connectivity index (χ1n) is 9.74. The van der Waals surface area contributed by atoms with Gasteiger partial charge in [-0.15, -0.1) is 11.3 Å². The van der Waals surface area contributed by atoms with Gasteiger partial charge in [0.1, 0.15) is 5.69 Å². The van der Waals surface area contributed by atoms with Crippen molar-refractivity contribution in [3.05, 3.63) is 44.4 Å². The van der Waals surface area contributed by atoms with Crippen LogP contribution in [0, 0.1) is 20.8 Å². The number of nitrogens with one attached hydrogen (secondary N) is 1. The number of aromatic amines is 1. The molecule has 0 radical (unpaired) electrons. The van der Waals surface area contributed by atoms with Gasteiger partial charge in [0.25, 0.3) is 11.8 Å². The average molecular weight is 418 g/mol. The van der Waals surface area contributed by atoms with Crippen molar-refractivity contribution in [2.45, 2.75) is 40.7 Å². The Morgan fingerprint density at radius 1 is 1.00 bits per heavy atom. The molecule has 0 aliphatic carbocycles. The molecule has 0 aromatic carbocycles. The third-order valence-electron chi connectivity index (χ3n) is 5.00. The molecule has 1 aliphatic heterocycles. The van der Waals surface area contributed by atoms with Crippen LogP contribution >= 0.6 is 11.3 Å². The van der Waals surface area contributed by atoms with Gasteiger partial charge in [-0.2, -0.15) is 0 Å². The number of esters is 1. The normalized spacial score (nSPS) is 14.4. The van der Waals surface area contributed by atoms with Crippen molar-refractivity contribution < 1.29 is 19.1 Å². The number of carbonyl (C=O) groups excluding carboxylic acids is 3. The van der Waals surface area contributed by atoms with Crippen LogP contribution in [0.5, 0.6) is 0 Å². The zero-order valence-electron chi connectivity index (χ0n) is 17.5. The molecule has 0 atom stereocenters. The number of ether oxygens (including phenoxy) is 1. The fourth-order valence-corrected chi connectivity index (χ4v) is 4.35. The fourth-order valence-electron chi connectivity index (χ4n) is 3.52. The summed E-state index contributed by atoms with van der Waals surface area (Å²) in [4.78, 5) is 46.4. The predicted molar refractivity (Wildman–Crippen MR) is 112 cm³/mol. The summed E-state index contributed by atoms with van der Waals surface area (Å²) < 4.78 is 5.29. The molecule has 1 N–H and O–H groups in total. The van der Waals surface area contributed by atoms with Crippen LogP contribution < -0.4 is 0 Å². The molecule has 7 nitrogen and oxygen atoms in total. The van der Waals surface area contributed by atoms with E-state index in [9.17, 15) is 14.4 Å². The number of hydrogen-bond donors (Lipinski definition) is 1. The van der Waals surface area contributed by atoms with E-state index in [1.165, 1.54) is 11.3 Å². The Morgan fingerprint density at radius 3 is 2.10 bits per heavy atom. The molecule has 29 heavy (non-hydrogen) atoms. The average Bonchev–Trinajstić information content (AvgIpc) is 3.23. The highest BCUT2D eigenvalue weighted by molar-refractivity contribution is 7.13. The van der Waals surface area contributed by atoms with Crippen molar-refractivity contribution >= 4 is 29.1 Å². The Balaban J connectivity index is 1.68. The number of amides is 2. The van der Waals surface area contributed by atoms with Gasteiger partial charge in [0.15, 0.2) is 0 Å². The van der Waals surface area contributed by atoms with E-state index in [1.807, 2.05) is 19.1 Å². The van der Waals surface area contributed by atoms with Gasteiger partial charge >= 0.3 is 5.97 Å². The molecule has 3 rings (SSSR count). The van der Waals surface area contributed by atoms with Crippen molar-refractivity contribution in [2.75, 3.05) is 26.2 Å². The molecule has 1 saturated heterocycles. The minimum absolute atomic E-state index is 0.0146. The van der Waals surface area contributed by atoms with Gasteiger partial charge in [-0.3, -0.25) is 9.59 Å². The monoisotopic (exact) mass is 417 g/mol. The van der Waals surface area contributed by atoms with E-state index in [4.69, 9.17) is 4.74 Å². The molecular formula is C21H27N3O4S.